The zero-order chi connectivity index (χ0) is 11.0. The smallest absolute Gasteiger partial charge is 0.0689 e. The van der Waals surface area contributed by atoms with Crippen LogP contribution in [0, 0.1) is 0 Å². The van der Waals surface area contributed by atoms with Crippen molar-refractivity contribution in [3.63, 3.8) is 0 Å². The Morgan fingerprint density at radius 1 is 1.19 bits per heavy atom. The molecule has 82 valence electrons. The molecule has 1 aromatic rings. The van der Waals surface area contributed by atoms with Crippen LogP contribution in [0.25, 0.3) is 12.2 Å². The number of hydrogen-bond donors (Lipinski definition) is 1. The Hall–Kier alpha value is -1.57. The number of hydrogen-bond acceptors (Lipinski definition) is 2. The van der Waals surface area contributed by atoms with Gasteiger partial charge in [0.2, 0.25) is 0 Å². The average molecular weight is 212 g/mol. The van der Waals surface area contributed by atoms with E-state index in [0.29, 0.717) is 0 Å². The van der Waals surface area contributed by atoms with E-state index in [4.69, 9.17) is 10.7 Å². The van der Waals surface area contributed by atoms with Gasteiger partial charge < -0.3 is 5.73 Å². The molecule has 0 aromatic carbocycles. The lowest BCUT2D eigenvalue weighted by Crippen LogP contribution is -2.34. The number of anilines is 1. The van der Waals surface area contributed by atoms with Crippen molar-refractivity contribution in [3.05, 3.63) is 34.0 Å². The molecular weight excluding hydrogens is 196 g/mol. The van der Waals surface area contributed by atoms with Crippen LogP contribution in [0.1, 0.15) is 30.5 Å². The van der Waals surface area contributed by atoms with Gasteiger partial charge in [-0.3, -0.25) is 4.98 Å². The van der Waals surface area contributed by atoms with E-state index in [1.165, 1.54) is 24.1 Å². The monoisotopic (exact) mass is 212 g/mol. The molecule has 0 atom stereocenters. The molecule has 0 spiro atoms. The molecule has 0 aliphatic heterocycles. The van der Waals surface area contributed by atoms with Crippen LogP contribution < -0.4 is 16.3 Å². The minimum Gasteiger partial charge on any atom is -0.398 e. The fraction of sp³-hybridized carbons (Fsp3) is 0.357. The highest BCUT2D eigenvalue weighted by Crippen LogP contribution is 2.21. The Morgan fingerprint density at radius 2 is 2.06 bits per heavy atom. The van der Waals surface area contributed by atoms with Crippen molar-refractivity contribution < 1.29 is 0 Å². The van der Waals surface area contributed by atoms with E-state index in [-0.39, 0.29) is 0 Å². The number of nitrogen functional groups attached to an aromatic ring is 1. The van der Waals surface area contributed by atoms with E-state index in [1.54, 1.807) is 0 Å². The quantitative estimate of drug-likeness (QED) is 0.698. The average Bonchev–Trinajstić information content (AvgIpc) is 2.55. The van der Waals surface area contributed by atoms with Crippen molar-refractivity contribution in [1.29, 1.82) is 0 Å². The topological polar surface area (TPSA) is 38.9 Å². The minimum absolute atomic E-state index is 0.953. The number of allylic oxidation sites excluding steroid dienone is 2. The van der Waals surface area contributed by atoms with Crippen LogP contribution in [-0.4, -0.2) is 4.98 Å². The van der Waals surface area contributed by atoms with Gasteiger partial charge in [-0.1, -0.05) is 24.3 Å². The van der Waals surface area contributed by atoms with Crippen molar-refractivity contribution in [1.82, 2.24) is 4.98 Å². The van der Waals surface area contributed by atoms with Gasteiger partial charge in [0, 0.05) is 16.6 Å². The van der Waals surface area contributed by atoms with Gasteiger partial charge in [0.25, 0.3) is 0 Å². The zero-order valence-electron chi connectivity index (χ0n) is 9.37. The fourth-order valence-corrected chi connectivity index (χ4v) is 2.56. The van der Waals surface area contributed by atoms with Gasteiger partial charge in [0.1, 0.15) is 0 Å². The van der Waals surface area contributed by atoms with E-state index in [1.807, 2.05) is 0 Å². The van der Waals surface area contributed by atoms with E-state index >= 15 is 0 Å². The first kappa shape index (κ1) is 9.64. The largest absolute Gasteiger partial charge is 0.398 e. The highest BCUT2D eigenvalue weighted by molar-refractivity contribution is 5.58. The van der Waals surface area contributed by atoms with E-state index in [9.17, 15) is 0 Å². The molecule has 2 heteroatoms. The number of fused-ring (bicyclic) bond motifs is 2. The Labute approximate surface area is 95.2 Å². The van der Waals surface area contributed by atoms with Crippen molar-refractivity contribution in [2.45, 2.75) is 32.1 Å². The third kappa shape index (κ3) is 1.45. The first-order valence-electron chi connectivity index (χ1n) is 6.00. The van der Waals surface area contributed by atoms with Crippen molar-refractivity contribution in [2.24, 2.45) is 0 Å². The minimum atomic E-state index is 0.953. The van der Waals surface area contributed by atoms with E-state index < -0.39 is 0 Å². The van der Waals surface area contributed by atoms with Gasteiger partial charge in [0.05, 0.1) is 5.35 Å². The molecule has 0 fully saturated rings. The molecule has 2 aliphatic rings. The van der Waals surface area contributed by atoms with Gasteiger partial charge in [-0.15, -0.1) is 0 Å². The van der Waals surface area contributed by atoms with Crippen molar-refractivity contribution in [3.8, 4) is 0 Å². The molecule has 0 radical (unpaired) electrons. The molecule has 3 rings (SSSR count). The molecule has 1 heterocycles. The zero-order valence-corrected chi connectivity index (χ0v) is 9.37. The lowest BCUT2D eigenvalue weighted by Gasteiger charge is -2.17. The highest BCUT2D eigenvalue weighted by atomic mass is 14.7. The number of aromatic nitrogens is 1. The third-order valence-electron chi connectivity index (χ3n) is 3.43. The molecule has 0 saturated carbocycles. The lowest BCUT2D eigenvalue weighted by molar-refractivity contribution is 0.666. The summed E-state index contributed by atoms with van der Waals surface area (Å²) in [5.41, 5.74) is 9.76. The van der Waals surface area contributed by atoms with Crippen LogP contribution in [0.4, 0.5) is 5.69 Å². The van der Waals surface area contributed by atoms with Gasteiger partial charge in [-0.25, -0.2) is 0 Å². The van der Waals surface area contributed by atoms with Crippen LogP contribution in [0.2, 0.25) is 0 Å². The van der Waals surface area contributed by atoms with Crippen LogP contribution in [0.3, 0.4) is 0 Å². The SMILES string of the molecule is Nc1c2c(nc3c1=CC=CCC=3)CCCC2. The summed E-state index contributed by atoms with van der Waals surface area (Å²) in [6.07, 6.45) is 14.1. The Morgan fingerprint density at radius 3 is 3.00 bits per heavy atom. The standard InChI is InChI=1S/C14H16N2/c15-14-10-6-2-1-3-8-12(10)16-13-9-5-4-7-11(13)14/h1-2,6,8H,3-5,7,9,15H2. The Kier molecular flexibility index (Phi) is 2.28. The molecule has 0 saturated heterocycles. The Bertz CT molecular complexity index is 567. The van der Waals surface area contributed by atoms with Crippen LogP contribution in [0.15, 0.2) is 12.2 Å². The summed E-state index contributed by atoms with van der Waals surface area (Å²) in [6, 6.07) is 0. The number of pyridine rings is 1. The summed E-state index contributed by atoms with van der Waals surface area (Å²) in [7, 11) is 0. The van der Waals surface area contributed by atoms with Gasteiger partial charge in [0.15, 0.2) is 0 Å². The van der Waals surface area contributed by atoms with Crippen molar-refractivity contribution in [2.75, 3.05) is 5.73 Å². The maximum Gasteiger partial charge on any atom is 0.0689 e. The molecule has 2 aliphatic carbocycles. The highest BCUT2D eigenvalue weighted by Gasteiger charge is 2.14. The summed E-state index contributed by atoms with van der Waals surface area (Å²) >= 11 is 0. The second-order valence-corrected chi connectivity index (χ2v) is 4.49. The van der Waals surface area contributed by atoms with Crippen LogP contribution in [0.5, 0.6) is 0 Å². The number of rotatable bonds is 0. The second-order valence-electron chi connectivity index (χ2n) is 4.49. The molecule has 0 bridgehead atoms. The molecular formula is C14H16N2. The predicted molar refractivity (Wildman–Crippen MR) is 67.2 cm³/mol. The van der Waals surface area contributed by atoms with Crippen LogP contribution in [-0.2, 0) is 12.8 Å². The first-order chi connectivity index (χ1) is 7.86. The number of nitrogens with zero attached hydrogens (tertiary/aromatic N) is 1. The fourth-order valence-electron chi connectivity index (χ4n) is 2.56. The molecule has 2 N–H and O–H groups in total. The second kappa shape index (κ2) is 3.78. The molecule has 2 nitrogen and oxygen atoms in total. The van der Waals surface area contributed by atoms with Crippen LogP contribution >= 0.6 is 0 Å². The van der Waals surface area contributed by atoms with Crippen molar-refractivity contribution >= 4 is 17.8 Å². The lowest BCUT2D eigenvalue weighted by atomic mass is 9.94. The molecule has 0 unspecified atom stereocenters. The Balaban J connectivity index is 2.35. The maximum atomic E-state index is 6.27. The predicted octanol–water partition coefficient (Wildman–Crippen LogP) is 1.06. The molecule has 0 amide bonds. The summed E-state index contributed by atoms with van der Waals surface area (Å²) in [6.45, 7) is 0. The molecule has 1 aromatic heterocycles. The number of nitrogens with two attached hydrogens (primary N) is 1. The summed E-state index contributed by atoms with van der Waals surface area (Å²) < 4.78 is 0. The summed E-state index contributed by atoms with van der Waals surface area (Å²) in [4.78, 5) is 4.77. The van der Waals surface area contributed by atoms with E-state index in [0.717, 1.165) is 35.5 Å². The van der Waals surface area contributed by atoms with Gasteiger partial charge in [-0.05, 0) is 37.7 Å². The summed E-state index contributed by atoms with van der Waals surface area (Å²) in [5.74, 6) is 0. The van der Waals surface area contributed by atoms with Gasteiger partial charge in [-0.2, -0.15) is 0 Å². The normalized spacial score (nSPS) is 17.8. The number of aryl methyl sites for hydroxylation is 1. The van der Waals surface area contributed by atoms with E-state index in [2.05, 4.69) is 24.3 Å². The summed E-state index contributed by atoms with van der Waals surface area (Å²) in [5, 5.41) is 2.19. The maximum absolute atomic E-state index is 6.27. The third-order valence-corrected chi connectivity index (χ3v) is 3.43. The molecule has 16 heavy (non-hydrogen) atoms. The van der Waals surface area contributed by atoms with Gasteiger partial charge >= 0.3 is 0 Å². The first-order valence-corrected chi connectivity index (χ1v) is 6.00.